The molecule has 1 aromatic heterocycles. The van der Waals surface area contributed by atoms with E-state index in [1.54, 1.807) is 12.3 Å². The minimum Gasteiger partial charge on any atom is -0.335 e. The van der Waals surface area contributed by atoms with Crippen molar-refractivity contribution >= 4 is 5.91 Å². The van der Waals surface area contributed by atoms with E-state index in [2.05, 4.69) is 44.6 Å². The van der Waals surface area contributed by atoms with Crippen LogP contribution < -0.4 is 0 Å². The van der Waals surface area contributed by atoms with Crippen LogP contribution in [0.15, 0.2) is 12.3 Å². The molecular formula is C19H33N3O. The van der Waals surface area contributed by atoms with Crippen LogP contribution in [0.1, 0.15) is 76.6 Å². The van der Waals surface area contributed by atoms with Crippen LogP contribution in [0.5, 0.6) is 0 Å². The maximum atomic E-state index is 12.9. The summed E-state index contributed by atoms with van der Waals surface area (Å²) in [5.41, 5.74) is 0.511. The fourth-order valence-corrected chi connectivity index (χ4v) is 2.62. The van der Waals surface area contributed by atoms with Gasteiger partial charge in [-0.05, 0) is 44.6 Å². The summed E-state index contributed by atoms with van der Waals surface area (Å²) in [6.45, 7) is 13.7. The molecule has 0 saturated heterocycles. The molecule has 0 unspecified atom stereocenters. The first-order valence-corrected chi connectivity index (χ1v) is 8.91. The van der Waals surface area contributed by atoms with Gasteiger partial charge in [-0.1, -0.05) is 40.5 Å². The molecular weight excluding hydrogens is 286 g/mol. The lowest BCUT2D eigenvalue weighted by Gasteiger charge is -2.30. The van der Waals surface area contributed by atoms with E-state index < -0.39 is 0 Å². The Morgan fingerprint density at radius 2 is 1.74 bits per heavy atom. The van der Waals surface area contributed by atoms with Gasteiger partial charge in [-0.3, -0.25) is 4.79 Å². The summed E-state index contributed by atoms with van der Waals surface area (Å²) in [7, 11) is 0. The molecule has 0 aliphatic heterocycles. The van der Waals surface area contributed by atoms with Crippen molar-refractivity contribution < 1.29 is 4.79 Å². The molecule has 0 fully saturated rings. The third-order valence-electron chi connectivity index (χ3n) is 4.14. The average Bonchev–Trinajstić information content (AvgIpc) is 2.46. The minimum atomic E-state index is 0.0354. The largest absolute Gasteiger partial charge is 0.335 e. The lowest BCUT2D eigenvalue weighted by atomic mass is 10.0. The fraction of sp³-hybridized carbons (Fsp3) is 0.737. The predicted molar refractivity (Wildman–Crippen MR) is 95.4 cm³/mol. The van der Waals surface area contributed by atoms with Crippen molar-refractivity contribution in [1.29, 1.82) is 0 Å². The quantitative estimate of drug-likeness (QED) is 0.674. The molecule has 0 aliphatic carbocycles. The zero-order valence-corrected chi connectivity index (χ0v) is 15.7. The van der Waals surface area contributed by atoms with Crippen molar-refractivity contribution in [3.63, 3.8) is 0 Å². The van der Waals surface area contributed by atoms with Crippen LogP contribution in [-0.4, -0.2) is 33.4 Å². The molecule has 0 radical (unpaired) electrons. The number of nitrogens with zero attached hydrogens (tertiary/aromatic N) is 3. The maximum Gasteiger partial charge on any atom is 0.272 e. The molecule has 4 heteroatoms. The summed E-state index contributed by atoms with van der Waals surface area (Å²) >= 11 is 0. The minimum absolute atomic E-state index is 0.0354. The Balaban J connectivity index is 2.79. The second-order valence-corrected chi connectivity index (χ2v) is 7.34. The van der Waals surface area contributed by atoms with Gasteiger partial charge in [-0.2, -0.15) is 0 Å². The van der Waals surface area contributed by atoms with Gasteiger partial charge < -0.3 is 4.90 Å². The third-order valence-corrected chi connectivity index (χ3v) is 4.14. The van der Waals surface area contributed by atoms with Crippen molar-refractivity contribution in [2.75, 3.05) is 6.54 Å². The second-order valence-electron chi connectivity index (χ2n) is 7.34. The Kier molecular flexibility index (Phi) is 8.21. The summed E-state index contributed by atoms with van der Waals surface area (Å²) < 4.78 is 0. The van der Waals surface area contributed by atoms with Gasteiger partial charge in [0.1, 0.15) is 11.5 Å². The highest BCUT2D eigenvalue weighted by Gasteiger charge is 2.22. The standard InChI is InChI=1S/C19H33N3O/c1-14(2)8-7-9-16(5)22(13-11-15(3)4)19(23)18-10-12-20-17(6)21-18/h10,12,14-16H,7-9,11,13H2,1-6H3/t16-/m0/s1. The van der Waals surface area contributed by atoms with Crippen LogP contribution in [0.2, 0.25) is 0 Å². The van der Waals surface area contributed by atoms with E-state index in [9.17, 15) is 4.79 Å². The van der Waals surface area contributed by atoms with Crippen molar-refractivity contribution in [2.24, 2.45) is 11.8 Å². The Morgan fingerprint density at radius 1 is 1.09 bits per heavy atom. The van der Waals surface area contributed by atoms with Gasteiger partial charge in [0.15, 0.2) is 0 Å². The molecule has 0 bridgehead atoms. The first kappa shape index (κ1) is 19.6. The molecule has 1 amide bonds. The van der Waals surface area contributed by atoms with Crippen LogP contribution in [0.25, 0.3) is 0 Å². The van der Waals surface area contributed by atoms with E-state index in [1.807, 2.05) is 11.8 Å². The summed E-state index contributed by atoms with van der Waals surface area (Å²) in [6, 6.07) is 1.97. The highest BCUT2D eigenvalue weighted by molar-refractivity contribution is 5.92. The summed E-state index contributed by atoms with van der Waals surface area (Å²) in [6.07, 6.45) is 6.10. The molecule has 1 atom stereocenters. The normalized spacial score (nSPS) is 12.7. The van der Waals surface area contributed by atoms with Gasteiger partial charge in [0.25, 0.3) is 5.91 Å². The molecule has 23 heavy (non-hydrogen) atoms. The summed E-state index contributed by atoms with van der Waals surface area (Å²) in [5.74, 6) is 1.98. The SMILES string of the molecule is Cc1nccc(C(=O)N(CCC(C)C)[C@@H](C)CCCC(C)C)n1. The maximum absolute atomic E-state index is 12.9. The lowest BCUT2D eigenvalue weighted by Crippen LogP contribution is -2.40. The molecule has 1 heterocycles. The zero-order chi connectivity index (χ0) is 17.4. The number of amides is 1. The number of rotatable bonds is 9. The topological polar surface area (TPSA) is 46.1 Å². The van der Waals surface area contributed by atoms with Gasteiger partial charge >= 0.3 is 0 Å². The number of aryl methyl sites for hydroxylation is 1. The summed E-state index contributed by atoms with van der Waals surface area (Å²) in [5, 5.41) is 0. The molecule has 130 valence electrons. The van der Waals surface area contributed by atoms with Crippen molar-refractivity contribution in [1.82, 2.24) is 14.9 Å². The van der Waals surface area contributed by atoms with Crippen molar-refractivity contribution in [3.05, 3.63) is 23.8 Å². The molecule has 0 spiro atoms. The second kappa shape index (κ2) is 9.64. The van der Waals surface area contributed by atoms with E-state index in [0.29, 0.717) is 23.4 Å². The van der Waals surface area contributed by atoms with E-state index >= 15 is 0 Å². The molecule has 0 N–H and O–H groups in total. The Labute approximate surface area is 141 Å². The molecule has 0 aromatic carbocycles. The number of carbonyl (C=O) groups is 1. The monoisotopic (exact) mass is 319 g/mol. The third kappa shape index (κ3) is 7.10. The van der Waals surface area contributed by atoms with Crippen LogP contribution in [0.4, 0.5) is 0 Å². The van der Waals surface area contributed by atoms with E-state index in [1.165, 1.54) is 6.42 Å². The summed E-state index contributed by atoms with van der Waals surface area (Å²) in [4.78, 5) is 23.3. The van der Waals surface area contributed by atoms with Gasteiger partial charge in [0.2, 0.25) is 0 Å². The Bertz CT molecular complexity index is 485. The van der Waals surface area contributed by atoms with E-state index in [-0.39, 0.29) is 11.9 Å². The van der Waals surface area contributed by atoms with E-state index in [4.69, 9.17) is 0 Å². The van der Waals surface area contributed by atoms with Gasteiger partial charge in [0, 0.05) is 18.8 Å². The van der Waals surface area contributed by atoms with Crippen LogP contribution in [0, 0.1) is 18.8 Å². The number of hydrogen-bond donors (Lipinski definition) is 0. The van der Waals surface area contributed by atoms with Crippen molar-refractivity contribution in [3.8, 4) is 0 Å². The van der Waals surface area contributed by atoms with Gasteiger partial charge in [0.05, 0.1) is 0 Å². The van der Waals surface area contributed by atoms with Crippen molar-refractivity contribution in [2.45, 2.75) is 73.3 Å². The van der Waals surface area contributed by atoms with Crippen LogP contribution in [0.3, 0.4) is 0 Å². The van der Waals surface area contributed by atoms with Crippen LogP contribution >= 0.6 is 0 Å². The first-order chi connectivity index (χ1) is 10.8. The van der Waals surface area contributed by atoms with Crippen LogP contribution in [-0.2, 0) is 0 Å². The smallest absolute Gasteiger partial charge is 0.272 e. The van der Waals surface area contributed by atoms with E-state index in [0.717, 1.165) is 25.8 Å². The molecule has 4 nitrogen and oxygen atoms in total. The fourth-order valence-electron chi connectivity index (χ4n) is 2.62. The molecule has 1 rings (SSSR count). The number of carbonyl (C=O) groups excluding carboxylic acids is 1. The number of hydrogen-bond acceptors (Lipinski definition) is 3. The highest BCUT2D eigenvalue weighted by atomic mass is 16.2. The average molecular weight is 319 g/mol. The van der Waals surface area contributed by atoms with Gasteiger partial charge in [-0.25, -0.2) is 9.97 Å². The Hall–Kier alpha value is -1.45. The molecule has 0 saturated carbocycles. The first-order valence-electron chi connectivity index (χ1n) is 8.91. The van der Waals surface area contributed by atoms with Gasteiger partial charge in [-0.15, -0.1) is 0 Å². The lowest BCUT2D eigenvalue weighted by molar-refractivity contribution is 0.0665. The molecule has 0 aliphatic rings. The molecule has 1 aromatic rings. The zero-order valence-electron chi connectivity index (χ0n) is 15.7. The highest BCUT2D eigenvalue weighted by Crippen LogP contribution is 2.16. The Morgan fingerprint density at radius 3 is 2.30 bits per heavy atom. The number of aromatic nitrogens is 2. The predicted octanol–water partition coefficient (Wildman–Crippen LogP) is 4.49.